The fraction of sp³-hybridized carbons (Fsp3) is 0.300. The van der Waals surface area contributed by atoms with Crippen molar-refractivity contribution < 1.29 is 13.2 Å². The number of hydrogen-bond donors (Lipinski definition) is 1. The number of amidine groups is 1. The van der Waals surface area contributed by atoms with E-state index in [1.54, 1.807) is 19.1 Å². The quantitative estimate of drug-likeness (QED) is 0.764. The van der Waals surface area contributed by atoms with E-state index in [0.29, 0.717) is 0 Å². The largest absolute Gasteiger partial charge is 0.425 e. The molecule has 2 N–H and O–H groups in total. The Hall–Kier alpha value is -1.52. The minimum absolute atomic E-state index is 0.0816. The molecule has 80 valence electrons. The van der Waals surface area contributed by atoms with E-state index in [1.165, 1.54) is 12.1 Å². The van der Waals surface area contributed by atoms with E-state index in [9.17, 15) is 13.2 Å². The van der Waals surface area contributed by atoms with Gasteiger partial charge in [-0.3, -0.25) is 0 Å². The van der Waals surface area contributed by atoms with Crippen molar-refractivity contribution >= 4 is 5.84 Å². The molecule has 1 unspecified atom stereocenters. The maximum absolute atomic E-state index is 12.7. The Bertz CT molecular complexity index is 419. The summed E-state index contributed by atoms with van der Waals surface area (Å²) in [6, 6.07) is 6.05. The number of alkyl halides is 3. The van der Waals surface area contributed by atoms with Gasteiger partial charge in [-0.15, -0.1) is 0 Å². The Kier molecular flexibility index (Phi) is 1.83. The molecule has 15 heavy (non-hydrogen) atoms. The highest BCUT2D eigenvalue weighted by molar-refractivity contribution is 6.04. The number of aliphatic imine (C=N–C) groups is 1. The van der Waals surface area contributed by atoms with Gasteiger partial charge in [0.05, 0.1) is 0 Å². The van der Waals surface area contributed by atoms with Gasteiger partial charge in [0, 0.05) is 0 Å². The number of halogens is 3. The van der Waals surface area contributed by atoms with E-state index in [1.807, 2.05) is 0 Å². The minimum Gasteiger partial charge on any atom is -0.385 e. The Labute approximate surface area is 84.6 Å². The summed E-state index contributed by atoms with van der Waals surface area (Å²) in [5.41, 5.74) is 3.92. The van der Waals surface area contributed by atoms with Crippen LogP contribution in [0.1, 0.15) is 11.1 Å². The Morgan fingerprint density at radius 3 is 2.00 bits per heavy atom. The first-order valence-corrected chi connectivity index (χ1v) is 4.37. The summed E-state index contributed by atoms with van der Waals surface area (Å²) < 4.78 is 38.2. The number of nitrogens with zero attached hydrogens (tertiary/aromatic N) is 1. The second-order valence-electron chi connectivity index (χ2n) is 3.57. The van der Waals surface area contributed by atoms with Crippen LogP contribution in [0.4, 0.5) is 13.2 Å². The highest BCUT2D eigenvalue weighted by atomic mass is 19.4. The maximum atomic E-state index is 12.7. The molecule has 1 atom stereocenters. The van der Waals surface area contributed by atoms with Gasteiger partial charge >= 0.3 is 6.18 Å². The molecule has 0 fully saturated rings. The summed E-state index contributed by atoms with van der Waals surface area (Å²) >= 11 is 0. The first-order valence-electron chi connectivity index (χ1n) is 4.37. The molecule has 0 saturated carbocycles. The van der Waals surface area contributed by atoms with E-state index in [-0.39, 0.29) is 11.4 Å². The molecule has 5 heteroatoms. The fourth-order valence-corrected chi connectivity index (χ4v) is 1.53. The molecule has 1 aromatic carbocycles. The lowest BCUT2D eigenvalue weighted by Gasteiger charge is -2.18. The minimum atomic E-state index is -4.45. The molecule has 0 radical (unpaired) electrons. The van der Waals surface area contributed by atoms with Gasteiger partial charge in [-0.1, -0.05) is 29.8 Å². The molecule has 1 aliphatic heterocycles. The van der Waals surface area contributed by atoms with Gasteiger partial charge in [0.1, 0.15) is 5.84 Å². The topological polar surface area (TPSA) is 38.4 Å². The predicted octanol–water partition coefficient (Wildman–Crippen LogP) is 2.12. The Balaban J connectivity index is 2.42. The summed E-state index contributed by atoms with van der Waals surface area (Å²) in [5.74, 6) is -0.362. The van der Waals surface area contributed by atoms with Crippen LogP contribution in [-0.4, -0.2) is 12.0 Å². The number of benzene rings is 1. The summed E-state index contributed by atoms with van der Waals surface area (Å²) in [5, 5.41) is 0. The number of aryl methyl sites for hydroxylation is 1. The molecular formula is C10H9F3N2. The second-order valence-corrected chi connectivity index (χ2v) is 3.57. The van der Waals surface area contributed by atoms with Crippen LogP contribution in [0, 0.1) is 6.92 Å². The monoisotopic (exact) mass is 214 g/mol. The maximum Gasteiger partial charge on any atom is 0.425 e. The van der Waals surface area contributed by atoms with Crippen molar-refractivity contribution in [3.63, 3.8) is 0 Å². The van der Waals surface area contributed by atoms with Crippen molar-refractivity contribution in [2.24, 2.45) is 10.7 Å². The van der Waals surface area contributed by atoms with Gasteiger partial charge in [0.2, 0.25) is 5.54 Å². The summed E-state index contributed by atoms with van der Waals surface area (Å²) in [6.45, 7) is 1.81. The SMILES string of the molecule is Cc1ccc(C2(C(F)(F)F)N=C2N)cc1. The van der Waals surface area contributed by atoms with Gasteiger partial charge in [-0.2, -0.15) is 13.2 Å². The van der Waals surface area contributed by atoms with Crippen LogP contribution in [0.3, 0.4) is 0 Å². The summed E-state index contributed by atoms with van der Waals surface area (Å²) in [4.78, 5) is 3.33. The zero-order valence-corrected chi connectivity index (χ0v) is 7.97. The predicted molar refractivity (Wildman–Crippen MR) is 50.5 cm³/mol. The lowest BCUT2D eigenvalue weighted by atomic mass is 9.95. The highest BCUT2D eigenvalue weighted by Crippen LogP contribution is 2.50. The molecule has 1 aromatic rings. The van der Waals surface area contributed by atoms with Crippen LogP contribution in [0.15, 0.2) is 29.3 Å². The molecule has 0 aromatic heterocycles. The first kappa shape index (κ1) is 10.0. The van der Waals surface area contributed by atoms with Gasteiger partial charge in [0.15, 0.2) is 0 Å². The van der Waals surface area contributed by atoms with Gasteiger partial charge < -0.3 is 5.73 Å². The summed E-state index contributed by atoms with van der Waals surface area (Å²) in [6.07, 6.45) is -4.45. The molecule has 2 nitrogen and oxygen atoms in total. The number of nitrogens with two attached hydrogens (primary N) is 1. The smallest absolute Gasteiger partial charge is 0.385 e. The van der Waals surface area contributed by atoms with Crippen molar-refractivity contribution in [3.8, 4) is 0 Å². The summed E-state index contributed by atoms with van der Waals surface area (Å²) in [7, 11) is 0. The van der Waals surface area contributed by atoms with Crippen LogP contribution in [0.25, 0.3) is 0 Å². The molecule has 1 aliphatic rings. The van der Waals surface area contributed by atoms with E-state index in [4.69, 9.17) is 5.73 Å². The zero-order chi connectivity index (χ0) is 11.3. The van der Waals surface area contributed by atoms with Crippen molar-refractivity contribution in [2.75, 3.05) is 0 Å². The molecular weight excluding hydrogens is 205 g/mol. The van der Waals surface area contributed by atoms with Crippen LogP contribution >= 0.6 is 0 Å². The normalized spacial score (nSPS) is 24.9. The molecule has 1 heterocycles. The van der Waals surface area contributed by atoms with Gasteiger partial charge in [-0.05, 0) is 12.5 Å². The molecule has 0 aliphatic carbocycles. The average Bonchev–Trinajstić information content (AvgIpc) is 2.79. The molecule has 0 spiro atoms. The van der Waals surface area contributed by atoms with Crippen molar-refractivity contribution in [3.05, 3.63) is 35.4 Å². The molecule has 0 saturated heterocycles. The van der Waals surface area contributed by atoms with Gasteiger partial charge in [0.25, 0.3) is 0 Å². The fourth-order valence-electron chi connectivity index (χ4n) is 1.53. The van der Waals surface area contributed by atoms with Crippen molar-refractivity contribution in [2.45, 2.75) is 18.6 Å². The highest BCUT2D eigenvalue weighted by Gasteiger charge is 2.67. The van der Waals surface area contributed by atoms with Crippen LogP contribution in [0.5, 0.6) is 0 Å². The first-order chi connectivity index (χ1) is 6.88. The second kappa shape index (κ2) is 2.74. The molecule has 0 bridgehead atoms. The third kappa shape index (κ3) is 1.30. The van der Waals surface area contributed by atoms with E-state index >= 15 is 0 Å². The average molecular weight is 214 g/mol. The van der Waals surface area contributed by atoms with Crippen LogP contribution < -0.4 is 5.73 Å². The lowest BCUT2D eigenvalue weighted by Crippen LogP contribution is -2.37. The zero-order valence-electron chi connectivity index (χ0n) is 7.97. The van der Waals surface area contributed by atoms with E-state index in [0.717, 1.165) is 5.56 Å². The molecule has 2 rings (SSSR count). The Morgan fingerprint density at radius 2 is 1.67 bits per heavy atom. The van der Waals surface area contributed by atoms with Crippen molar-refractivity contribution in [1.82, 2.24) is 0 Å². The van der Waals surface area contributed by atoms with Gasteiger partial charge in [-0.25, -0.2) is 4.99 Å². The van der Waals surface area contributed by atoms with E-state index in [2.05, 4.69) is 4.99 Å². The standard InChI is InChI=1S/C10H9F3N2/c1-6-2-4-7(5-3-6)9(8(14)15-9)10(11,12)13/h2-5H,1H3,(H2,14,15). The van der Waals surface area contributed by atoms with E-state index < -0.39 is 11.7 Å². The van der Waals surface area contributed by atoms with Crippen LogP contribution in [-0.2, 0) is 5.54 Å². The third-order valence-corrected chi connectivity index (χ3v) is 2.49. The number of hydrogen-bond acceptors (Lipinski definition) is 2. The lowest BCUT2D eigenvalue weighted by molar-refractivity contribution is -0.156. The third-order valence-electron chi connectivity index (χ3n) is 2.49. The Morgan fingerprint density at radius 1 is 1.20 bits per heavy atom. The molecule has 0 amide bonds. The number of rotatable bonds is 1. The van der Waals surface area contributed by atoms with Crippen molar-refractivity contribution in [1.29, 1.82) is 0 Å². The van der Waals surface area contributed by atoms with Crippen LogP contribution in [0.2, 0.25) is 0 Å².